The number of ether oxygens (including phenoxy) is 1. The van der Waals surface area contributed by atoms with Crippen molar-refractivity contribution in [1.29, 1.82) is 5.26 Å². The molecule has 0 aromatic heterocycles. The molecule has 106 valence electrons. The number of nitriles is 1. The molecule has 0 heterocycles. The minimum Gasteiger partial charge on any atom is -0.484 e. The second kappa shape index (κ2) is 6.95. The Balaban J connectivity index is 1.74. The standard InChI is InChI=1S/C16H20N2O2/c1-2-14(9-12-3-4-12)18-16(19)11-20-15-7-5-13(10-17)6-8-15/h5-8,12,14H,2-4,9,11H2,1H3,(H,18,19). The molecule has 1 amide bonds. The first kappa shape index (κ1) is 14.4. The van der Waals surface area contributed by atoms with Crippen LogP contribution in [0, 0.1) is 17.2 Å². The van der Waals surface area contributed by atoms with E-state index in [0.29, 0.717) is 11.3 Å². The van der Waals surface area contributed by atoms with Crippen molar-refractivity contribution in [2.75, 3.05) is 6.61 Å². The first-order valence-electron chi connectivity index (χ1n) is 7.13. The number of carbonyl (C=O) groups is 1. The van der Waals surface area contributed by atoms with Gasteiger partial charge in [-0.1, -0.05) is 19.8 Å². The van der Waals surface area contributed by atoms with Gasteiger partial charge in [-0.3, -0.25) is 4.79 Å². The molecule has 0 saturated heterocycles. The summed E-state index contributed by atoms with van der Waals surface area (Å²) in [7, 11) is 0. The van der Waals surface area contributed by atoms with Crippen LogP contribution in [0.25, 0.3) is 0 Å². The molecule has 1 aromatic carbocycles. The fraction of sp³-hybridized carbons (Fsp3) is 0.500. The predicted molar refractivity (Wildman–Crippen MR) is 76.2 cm³/mol. The summed E-state index contributed by atoms with van der Waals surface area (Å²) in [6.07, 6.45) is 4.64. The van der Waals surface area contributed by atoms with Crippen molar-refractivity contribution < 1.29 is 9.53 Å². The monoisotopic (exact) mass is 272 g/mol. The van der Waals surface area contributed by atoms with Gasteiger partial charge < -0.3 is 10.1 Å². The van der Waals surface area contributed by atoms with Gasteiger partial charge in [0.1, 0.15) is 5.75 Å². The summed E-state index contributed by atoms with van der Waals surface area (Å²) in [6.45, 7) is 2.11. The first-order valence-corrected chi connectivity index (χ1v) is 7.13. The van der Waals surface area contributed by atoms with Gasteiger partial charge in [0.05, 0.1) is 11.6 Å². The SMILES string of the molecule is CCC(CC1CC1)NC(=O)COc1ccc(C#N)cc1. The molecule has 1 atom stereocenters. The van der Waals surface area contributed by atoms with Gasteiger partial charge in [-0.2, -0.15) is 5.26 Å². The Bertz CT molecular complexity index is 486. The van der Waals surface area contributed by atoms with Gasteiger partial charge >= 0.3 is 0 Å². The van der Waals surface area contributed by atoms with Gasteiger partial charge in [0.15, 0.2) is 6.61 Å². The Morgan fingerprint density at radius 3 is 2.70 bits per heavy atom. The molecule has 1 aromatic rings. The zero-order valence-electron chi connectivity index (χ0n) is 11.8. The molecule has 1 fully saturated rings. The van der Waals surface area contributed by atoms with Crippen LogP contribution in [-0.4, -0.2) is 18.6 Å². The highest BCUT2D eigenvalue weighted by Gasteiger charge is 2.25. The molecule has 1 N–H and O–H groups in total. The third-order valence-electron chi connectivity index (χ3n) is 3.53. The number of hydrogen-bond acceptors (Lipinski definition) is 3. The van der Waals surface area contributed by atoms with Gasteiger partial charge in [-0.15, -0.1) is 0 Å². The van der Waals surface area contributed by atoms with Crippen molar-refractivity contribution in [2.45, 2.75) is 38.6 Å². The number of hydrogen-bond donors (Lipinski definition) is 1. The molecular formula is C16H20N2O2. The Morgan fingerprint density at radius 1 is 1.45 bits per heavy atom. The van der Waals surface area contributed by atoms with Gasteiger partial charge in [0.25, 0.3) is 5.91 Å². The van der Waals surface area contributed by atoms with E-state index >= 15 is 0 Å². The minimum atomic E-state index is -0.0816. The molecule has 2 rings (SSSR count). The lowest BCUT2D eigenvalue weighted by molar-refractivity contribution is -0.123. The second-order valence-electron chi connectivity index (χ2n) is 5.28. The maximum Gasteiger partial charge on any atom is 0.258 e. The fourth-order valence-corrected chi connectivity index (χ4v) is 2.13. The number of benzene rings is 1. The topological polar surface area (TPSA) is 62.1 Å². The van der Waals surface area contributed by atoms with E-state index in [1.807, 2.05) is 6.07 Å². The maximum absolute atomic E-state index is 11.8. The third-order valence-corrected chi connectivity index (χ3v) is 3.53. The molecule has 0 aliphatic heterocycles. The van der Waals surface area contributed by atoms with Gasteiger partial charge in [-0.25, -0.2) is 0 Å². The highest BCUT2D eigenvalue weighted by molar-refractivity contribution is 5.77. The summed E-state index contributed by atoms with van der Waals surface area (Å²) >= 11 is 0. The number of nitrogens with zero attached hydrogens (tertiary/aromatic N) is 1. The average molecular weight is 272 g/mol. The summed E-state index contributed by atoms with van der Waals surface area (Å²) < 4.78 is 5.41. The molecule has 4 nitrogen and oxygen atoms in total. The molecule has 0 spiro atoms. The zero-order chi connectivity index (χ0) is 14.4. The van der Waals surface area contributed by atoms with Crippen LogP contribution in [0.15, 0.2) is 24.3 Å². The lowest BCUT2D eigenvalue weighted by Gasteiger charge is -2.16. The molecular weight excluding hydrogens is 252 g/mol. The van der Waals surface area contributed by atoms with Crippen LogP contribution in [0.1, 0.15) is 38.2 Å². The zero-order valence-corrected chi connectivity index (χ0v) is 11.8. The fourth-order valence-electron chi connectivity index (χ4n) is 2.13. The lowest BCUT2D eigenvalue weighted by Crippen LogP contribution is -2.37. The number of carbonyl (C=O) groups excluding carboxylic acids is 1. The number of nitrogens with one attached hydrogen (secondary N) is 1. The van der Waals surface area contributed by atoms with Crippen LogP contribution >= 0.6 is 0 Å². The van der Waals surface area contributed by atoms with E-state index < -0.39 is 0 Å². The Hall–Kier alpha value is -2.02. The summed E-state index contributed by atoms with van der Waals surface area (Å²) in [6, 6.07) is 9.06. The Kier molecular flexibility index (Phi) is 5.00. The summed E-state index contributed by atoms with van der Waals surface area (Å²) in [5.74, 6) is 1.33. The predicted octanol–water partition coefficient (Wildman–Crippen LogP) is 2.63. The highest BCUT2D eigenvalue weighted by Crippen LogP contribution is 2.33. The van der Waals surface area contributed by atoms with Crippen molar-refractivity contribution in [3.63, 3.8) is 0 Å². The quantitative estimate of drug-likeness (QED) is 0.830. The number of rotatable bonds is 7. The molecule has 4 heteroatoms. The molecule has 1 aliphatic carbocycles. The molecule has 0 bridgehead atoms. The summed E-state index contributed by atoms with van der Waals surface area (Å²) in [4.78, 5) is 11.8. The van der Waals surface area contributed by atoms with Gasteiger partial charge in [-0.05, 0) is 43.0 Å². The summed E-state index contributed by atoms with van der Waals surface area (Å²) in [5.41, 5.74) is 0.581. The van der Waals surface area contributed by atoms with Crippen LogP contribution in [0.3, 0.4) is 0 Å². The van der Waals surface area contributed by atoms with Crippen LogP contribution in [0.2, 0.25) is 0 Å². The Morgan fingerprint density at radius 2 is 2.15 bits per heavy atom. The van der Waals surface area contributed by atoms with Crippen LogP contribution in [0.4, 0.5) is 0 Å². The van der Waals surface area contributed by atoms with Crippen molar-refractivity contribution >= 4 is 5.91 Å². The van der Waals surface area contributed by atoms with E-state index in [4.69, 9.17) is 10.00 Å². The molecule has 1 aliphatic rings. The van der Waals surface area contributed by atoms with E-state index in [1.54, 1.807) is 24.3 Å². The number of amides is 1. The van der Waals surface area contributed by atoms with Crippen LogP contribution < -0.4 is 10.1 Å². The van der Waals surface area contributed by atoms with Crippen LogP contribution in [-0.2, 0) is 4.79 Å². The highest BCUT2D eigenvalue weighted by atomic mass is 16.5. The summed E-state index contributed by atoms with van der Waals surface area (Å²) in [5, 5.41) is 11.7. The van der Waals surface area contributed by atoms with Crippen LogP contribution in [0.5, 0.6) is 5.75 Å². The van der Waals surface area contributed by atoms with Crippen molar-refractivity contribution in [1.82, 2.24) is 5.32 Å². The lowest BCUT2D eigenvalue weighted by atomic mass is 10.1. The molecule has 0 radical (unpaired) electrons. The van der Waals surface area contributed by atoms with Crippen molar-refractivity contribution in [3.8, 4) is 11.8 Å². The molecule has 1 unspecified atom stereocenters. The van der Waals surface area contributed by atoms with Crippen molar-refractivity contribution in [3.05, 3.63) is 29.8 Å². The smallest absolute Gasteiger partial charge is 0.258 e. The largest absolute Gasteiger partial charge is 0.484 e. The van der Waals surface area contributed by atoms with Gasteiger partial charge in [0, 0.05) is 6.04 Å². The third kappa shape index (κ3) is 4.58. The Labute approximate surface area is 119 Å². The van der Waals surface area contributed by atoms with E-state index in [1.165, 1.54) is 12.8 Å². The van der Waals surface area contributed by atoms with E-state index in [0.717, 1.165) is 18.8 Å². The average Bonchev–Trinajstić information content (AvgIpc) is 3.29. The minimum absolute atomic E-state index is 0.0209. The first-order chi connectivity index (χ1) is 9.71. The normalized spacial score (nSPS) is 15.2. The second-order valence-corrected chi connectivity index (χ2v) is 5.28. The molecule has 20 heavy (non-hydrogen) atoms. The maximum atomic E-state index is 11.8. The van der Waals surface area contributed by atoms with E-state index in [2.05, 4.69) is 12.2 Å². The van der Waals surface area contributed by atoms with Gasteiger partial charge in [0.2, 0.25) is 0 Å². The molecule has 1 saturated carbocycles. The van der Waals surface area contributed by atoms with E-state index in [9.17, 15) is 4.79 Å². The van der Waals surface area contributed by atoms with E-state index in [-0.39, 0.29) is 18.6 Å². The van der Waals surface area contributed by atoms with Crippen molar-refractivity contribution in [2.24, 2.45) is 5.92 Å².